The molecule has 2 unspecified atom stereocenters. The highest BCUT2D eigenvalue weighted by atomic mass is 19.1. The molecule has 1 aromatic carbocycles. The minimum atomic E-state index is -0.460. The number of rotatable bonds is 3. The summed E-state index contributed by atoms with van der Waals surface area (Å²) in [5, 5.41) is 14.5. The van der Waals surface area contributed by atoms with Gasteiger partial charge in [-0.3, -0.25) is 5.10 Å². The summed E-state index contributed by atoms with van der Waals surface area (Å²) in [7, 11) is 0. The van der Waals surface area contributed by atoms with E-state index in [0.29, 0.717) is 17.9 Å². The molecule has 2 saturated heterocycles. The first-order valence-electron chi connectivity index (χ1n) is 8.97. The van der Waals surface area contributed by atoms with Gasteiger partial charge in [0.2, 0.25) is 5.95 Å². The van der Waals surface area contributed by atoms with Crippen molar-refractivity contribution in [1.82, 2.24) is 25.5 Å². The first kappa shape index (κ1) is 15.5. The minimum Gasteiger partial charge on any atom is -0.340 e. The first-order chi connectivity index (χ1) is 12.8. The SMILES string of the molecule is Fc1cnc(N2CCC3NCCC3C2)nc1Nc1ccc2[nH]ncc2c1. The van der Waals surface area contributed by atoms with Gasteiger partial charge in [0.25, 0.3) is 0 Å². The second-order valence-electron chi connectivity index (χ2n) is 7.01. The lowest BCUT2D eigenvalue weighted by molar-refractivity contribution is 0.373. The Bertz CT molecular complexity index is 940. The van der Waals surface area contributed by atoms with E-state index in [9.17, 15) is 4.39 Å². The van der Waals surface area contributed by atoms with E-state index in [2.05, 4.69) is 35.7 Å². The molecule has 2 aliphatic heterocycles. The molecule has 0 saturated carbocycles. The molecule has 2 aliphatic rings. The van der Waals surface area contributed by atoms with Crippen LogP contribution < -0.4 is 15.5 Å². The van der Waals surface area contributed by atoms with Crippen LogP contribution >= 0.6 is 0 Å². The Morgan fingerprint density at radius 1 is 1.23 bits per heavy atom. The van der Waals surface area contributed by atoms with Gasteiger partial charge >= 0.3 is 0 Å². The molecule has 5 rings (SSSR count). The minimum absolute atomic E-state index is 0.199. The lowest BCUT2D eigenvalue weighted by Crippen LogP contribution is -2.45. The Kier molecular flexibility index (Phi) is 3.70. The number of fused-ring (bicyclic) bond motifs is 2. The fourth-order valence-corrected chi connectivity index (χ4v) is 3.98. The summed E-state index contributed by atoms with van der Waals surface area (Å²) in [6.07, 6.45) is 5.24. The van der Waals surface area contributed by atoms with Crippen LogP contribution in [0.3, 0.4) is 0 Å². The fourth-order valence-electron chi connectivity index (χ4n) is 3.98. The first-order valence-corrected chi connectivity index (χ1v) is 8.97. The number of H-pyrrole nitrogens is 1. The van der Waals surface area contributed by atoms with Crippen LogP contribution in [-0.2, 0) is 0 Å². The normalized spacial score (nSPS) is 22.6. The van der Waals surface area contributed by atoms with Gasteiger partial charge in [0.1, 0.15) is 0 Å². The quantitative estimate of drug-likeness (QED) is 0.671. The van der Waals surface area contributed by atoms with Crippen LogP contribution in [0.2, 0.25) is 0 Å². The van der Waals surface area contributed by atoms with Crippen molar-refractivity contribution in [1.29, 1.82) is 0 Å². The molecule has 0 bridgehead atoms. The van der Waals surface area contributed by atoms with Gasteiger partial charge in [-0.15, -0.1) is 0 Å². The molecule has 2 atom stereocenters. The molecular formula is C18H20FN7. The molecule has 7 nitrogen and oxygen atoms in total. The summed E-state index contributed by atoms with van der Waals surface area (Å²) in [6, 6.07) is 6.29. The van der Waals surface area contributed by atoms with Crippen molar-refractivity contribution in [3.63, 3.8) is 0 Å². The van der Waals surface area contributed by atoms with Crippen molar-refractivity contribution in [2.45, 2.75) is 18.9 Å². The number of aromatic nitrogens is 4. The Balaban J connectivity index is 1.39. The summed E-state index contributed by atoms with van der Waals surface area (Å²) in [6.45, 7) is 2.89. The molecule has 2 fully saturated rings. The van der Waals surface area contributed by atoms with E-state index in [4.69, 9.17) is 0 Å². The Morgan fingerprint density at radius 3 is 3.15 bits per heavy atom. The van der Waals surface area contributed by atoms with Gasteiger partial charge in [0.05, 0.1) is 17.9 Å². The average Bonchev–Trinajstić information content (AvgIpc) is 3.31. The molecule has 0 aliphatic carbocycles. The Hall–Kier alpha value is -2.74. The van der Waals surface area contributed by atoms with Crippen molar-refractivity contribution in [2.75, 3.05) is 29.9 Å². The van der Waals surface area contributed by atoms with Crippen molar-refractivity contribution in [2.24, 2.45) is 5.92 Å². The summed E-state index contributed by atoms with van der Waals surface area (Å²) >= 11 is 0. The van der Waals surface area contributed by atoms with Gasteiger partial charge in [-0.25, -0.2) is 9.37 Å². The topological polar surface area (TPSA) is 81.8 Å². The molecular weight excluding hydrogens is 333 g/mol. The number of nitrogens with zero attached hydrogens (tertiary/aromatic N) is 4. The molecule has 2 aromatic heterocycles. The summed E-state index contributed by atoms with van der Waals surface area (Å²) in [5.41, 5.74) is 1.70. The van der Waals surface area contributed by atoms with Crippen LogP contribution in [0, 0.1) is 11.7 Å². The Labute approximate surface area is 150 Å². The molecule has 0 spiro atoms. The predicted octanol–water partition coefficient (Wildman–Crippen LogP) is 2.42. The van der Waals surface area contributed by atoms with E-state index < -0.39 is 5.82 Å². The van der Waals surface area contributed by atoms with Crippen molar-refractivity contribution in [3.05, 3.63) is 36.4 Å². The third-order valence-corrected chi connectivity index (χ3v) is 5.37. The number of nitrogens with one attached hydrogen (secondary N) is 3. The van der Waals surface area contributed by atoms with Crippen molar-refractivity contribution >= 4 is 28.4 Å². The monoisotopic (exact) mass is 353 g/mol. The molecule has 4 heterocycles. The fraction of sp³-hybridized carbons (Fsp3) is 0.389. The number of piperidine rings is 1. The van der Waals surface area contributed by atoms with Crippen LogP contribution in [0.25, 0.3) is 10.9 Å². The van der Waals surface area contributed by atoms with Gasteiger partial charge in [-0.2, -0.15) is 10.1 Å². The molecule has 0 amide bonds. The Morgan fingerprint density at radius 2 is 2.19 bits per heavy atom. The van der Waals surface area contributed by atoms with E-state index in [-0.39, 0.29) is 5.82 Å². The maximum atomic E-state index is 14.3. The van der Waals surface area contributed by atoms with Gasteiger partial charge in [0.15, 0.2) is 11.6 Å². The maximum Gasteiger partial charge on any atom is 0.227 e. The van der Waals surface area contributed by atoms with Crippen molar-refractivity contribution in [3.8, 4) is 0 Å². The highest BCUT2D eigenvalue weighted by molar-refractivity contribution is 5.82. The number of anilines is 3. The third kappa shape index (κ3) is 2.76. The van der Waals surface area contributed by atoms with E-state index in [0.717, 1.165) is 42.6 Å². The summed E-state index contributed by atoms with van der Waals surface area (Å²) < 4.78 is 14.3. The van der Waals surface area contributed by atoms with E-state index in [1.54, 1.807) is 6.20 Å². The van der Waals surface area contributed by atoms with Gasteiger partial charge < -0.3 is 15.5 Å². The number of aromatic amines is 1. The van der Waals surface area contributed by atoms with Crippen molar-refractivity contribution < 1.29 is 4.39 Å². The van der Waals surface area contributed by atoms with Gasteiger partial charge in [0, 0.05) is 30.2 Å². The number of hydrogen-bond donors (Lipinski definition) is 3. The molecule has 3 aromatic rings. The molecule has 8 heteroatoms. The van der Waals surface area contributed by atoms with Gasteiger partial charge in [-0.05, 0) is 43.5 Å². The lowest BCUT2D eigenvalue weighted by atomic mass is 9.94. The zero-order valence-corrected chi connectivity index (χ0v) is 14.2. The number of hydrogen-bond acceptors (Lipinski definition) is 6. The molecule has 26 heavy (non-hydrogen) atoms. The number of benzene rings is 1. The lowest BCUT2D eigenvalue weighted by Gasteiger charge is -2.34. The largest absolute Gasteiger partial charge is 0.340 e. The third-order valence-electron chi connectivity index (χ3n) is 5.37. The standard InChI is InChI=1S/C18H20FN7/c19-14-9-21-18(26-6-4-15-11(10-26)3-5-20-15)24-17(14)23-13-1-2-16-12(7-13)8-22-25-16/h1-2,7-9,11,15,20H,3-6,10H2,(H,22,25)(H,21,23,24). The highest BCUT2D eigenvalue weighted by Gasteiger charge is 2.33. The second kappa shape index (κ2) is 6.21. The zero-order chi connectivity index (χ0) is 17.5. The van der Waals surface area contributed by atoms with Crippen LogP contribution in [0.4, 0.5) is 21.8 Å². The van der Waals surface area contributed by atoms with Crippen LogP contribution in [0.5, 0.6) is 0 Å². The van der Waals surface area contributed by atoms with Crippen LogP contribution in [-0.4, -0.2) is 45.8 Å². The molecule has 0 radical (unpaired) electrons. The van der Waals surface area contributed by atoms with E-state index in [1.807, 2.05) is 18.2 Å². The zero-order valence-electron chi connectivity index (χ0n) is 14.2. The highest BCUT2D eigenvalue weighted by Crippen LogP contribution is 2.28. The summed E-state index contributed by atoms with van der Waals surface area (Å²) in [5.74, 6) is 0.948. The van der Waals surface area contributed by atoms with Gasteiger partial charge in [-0.1, -0.05) is 0 Å². The van der Waals surface area contributed by atoms with Crippen LogP contribution in [0.1, 0.15) is 12.8 Å². The number of halogens is 1. The predicted molar refractivity (Wildman–Crippen MR) is 98.1 cm³/mol. The average molecular weight is 353 g/mol. The summed E-state index contributed by atoms with van der Waals surface area (Å²) in [4.78, 5) is 10.8. The van der Waals surface area contributed by atoms with E-state index in [1.165, 1.54) is 12.6 Å². The second-order valence-corrected chi connectivity index (χ2v) is 7.01. The van der Waals surface area contributed by atoms with Crippen LogP contribution in [0.15, 0.2) is 30.6 Å². The maximum absolute atomic E-state index is 14.3. The van der Waals surface area contributed by atoms with E-state index >= 15 is 0 Å². The smallest absolute Gasteiger partial charge is 0.227 e. The molecule has 3 N–H and O–H groups in total. The molecule has 134 valence electrons.